The zero-order valence-electron chi connectivity index (χ0n) is 19.8. The number of nitriles is 2. The molecular formula is C28H20N8O. The van der Waals surface area contributed by atoms with Crippen molar-refractivity contribution in [1.29, 1.82) is 10.5 Å². The summed E-state index contributed by atoms with van der Waals surface area (Å²) in [4.78, 5) is 27.1. The van der Waals surface area contributed by atoms with Gasteiger partial charge in [0.25, 0.3) is 5.56 Å². The van der Waals surface area contributed by atoms with Crippen molar-refractivity contribution in [2.75, 3.05) is 11.1 Å². The lowest BCUT2D eigenvalue weighted by molar-refractivity contribution is 0.731. The van der Waals surface area contributed by atoms with Crippen LogP contribution in [0.25, 0.3) is 27.7 Å². The van der Waals surface area contributed by atoms with Crippen LogP contribution in [-0.2, 0) is 0 Å². The fourth-order valence-corrected chi connectivity index (χ4v) is 4.22. The van der Waals surface area contributed by atoms with Gasteiger partial charge in [0.1, 0.15) is 23.3 Å². The number of hydrogen-bond donors (Lipinski definition) is 2. The highest BCUT2D eigenvalue weighted by Gasteiger charge is 2.21. The van der Waals surface area contributed by atoms with E-state index in [2.05, 4.69) is 21.4 Å². The maximum atomic E-state index is 14.2. The van der Waals surface area contributed by atoms with Gasteiger partial charge in [-0.05, 0) is 48.4 Å². The molecule has 0 fully saturated rings. The first-order valence-corrected chi connectivity index (χ1v) is 11.4. The van der Waals surface area contributed by atoms with Crippen LogP contribution in [-0.4, -0.2) is 19.5 Å². The predicted molar refractivity (Wildman–Crippen MR) is 141 cm³/mol. The lowest BCUT2D eigenvalue weighted by atomic mass is 9.99. The van der Waals surface area contributed by atoms with Gasteiger partial charge in [0, 0.05) is 0 Å². The normalized spacial score (nSPS) is 11.4. The molecule has 0 unspecified atom stereocenters. The molecular weight excluding hydrogens is 464 g/mol. The summed E-state index contributed by atoms with van der Waals surface area (Å²) < 4.78 is 1.55. The standard InChI is InChI=1S/C28H20N8O/c1-17(33-25-20(15-30)16-32-28(31)35-25)26-34-23-12-6-11-22(19-8-5-7-18(13-19)14-29)24(23)27(37)36(26)21-9-3-2-4-10-21/h2-13,16-17H,1H3,(H3,31,32,33,35)/t17-/m1/s1. The molecule has 3 aromatic carbocycles. The SMILES string of the molecule is C[C@@H](Nc1nc(N)ncc1C#N)c1nc2cccc(-c3cccc(C#N)c3)c2c(=O)n1-c1ccccc1. The molecule has 9 nitrogen and oxygen atoms in total. The van der Waals surface area contributed by atoms with Crippen LogP contribution >= 0.6 is 0 Å². The maximum absolute atomic E-state index is 14.2. The van der Waals surface area contributed by atoms with Crippen LogP contribution in [0.15, 0.2) is 83.8 Å². The van der Waals surface area contributed by atoms with Crippen molar-refractivity contribution in [3.63, 3.8) is 0 Å². The van der Waals surface area contributed by atoms with Gasteiger partial charge in [0.2, 0.25) is 5.95 Å². The van der Waals surface area contributed by atoms with Gasteiger partial charge in [-0.2, -0.15) is 15.5 Å². The third-order valence-electron chi connectivity index (χ3n) is 5.91. The molecule has 0 amide bonds. The van der Waals surface area contributed by atoms with Crippen molar-refractivity contribution < 1.29 is 0 Å². The molecule has 0 spiro atoms. The molecule has 0 aliphatic heterocycles. The van der Waals surface area contributed by atoms with E-state index in [0.29, 0.717) is 33.5 Å². The van der Waals surface area contributed by atoms with Gasteiger partial charge in [-0.15, -0.1) is 0 Å². The number of rotatable bonds is 5. The average Bonchev–Trinajstić information content (AvgIpc) is 2.93. The Bertz CT molecular complexity index is 1780. The van der Waals surface area contributed by atoms with Gasteiger partial charge >= 0.3 is 0 Å². The molecule has 5 rings (SSSR count). The van der Waals surface area contributed by atoms with E-state index < -0.39 is 6.04 Å². The Hall–Kier alpha value is -5.54. The number of nitrogens with zero attached hydrogens (tertiary/aromatic N) is 6. The van der Waals surface area contributed by atoms with E-state index in [1.807, 2.05) is 61.5 Å². The van der Waals surface area contributed by atoms with E-state index in [9.17, 15) is 15.3 Å². The Morgan fingerprint density at radius 2 is 1.76 bits per heavy atom. The summed E-state index contributed by atoms with van der Waals surface area (Å²) in [6.07, 6.45) is 1.34. The Morgan fingerprint density at radius 1 is 0.973 bits per heavy atom. The van der Waals surface area contributed by atoms with Crippen molar-refractivity contribution in [1.82, 2.24) is 19.5 Å². The van der Waals surface area contributed by atoms with Crippen LogP contribution in [0.3, 0.4) is 0 Å². The minimum atomic E-state index is -0.538. The minimum Gasteiger partial charge on any atom is -0.368 e. The van der Waals surface area contributed by atoms with Crippen LogP contribution in [0.5, 0.6) is 0 Å². The second-order valence-electron chi connectivity index (χ2n) is 8.31. The first-order valence-electron chi connectivity index (χ1n) is 11.4. The van der Waals surface area contributed by atoms with Crippen LogP contribution in [0.1, 0.15) is 29.9 Å². The fourth-order valence-electron chi connectivity index (χ4n) is 4.22. The molecule has 0 bridgehead atoms. The van der Waals surface area contributed by atoms with Crippen LogP contribution in [0.4, 0.5) is 11.8 Å². The number of aromatic nitrogens is 4. The molecule has 178 valence electrons. The van der Waals surface area contributed by atoms with Gasteiger partial charge in [-0.1, -0.05) is 42.5 Å². The van der Waals surface area contributed by atoms with Gasteiger partial charge in [0.15, 0.2) is 0 Å². The highest BCUT2D eigenvalue weighted by atomic mass is 16.1. The molecule has 2 aromatic heterocycles. The number of fused-ring (bicyclic) bond motifs is 1. The van der Waals surface area contributed by atoms with Crippen molar-refractivity contribution >= 4 is 22.7 Å². The Kier molecular flexibility index (Phi) is 6.03. The molecule has 0 saturated heterocycles. The van der Waals surface area contributed by atoms with E-state index in [-0.39, 0.29) is 22.9 Å². The molecule has 1 atom stereocenters. The number of hydrogen-bond acceptors (Lipinski definition) is 8. The first-order chi connectivity index (χ1) is 18.0. The van der Waals surface area contributed by atoms with E-state index in [1.54, 1.807) is 28.8 Å². The summed E-state index contributed by atoms with van der Waals surface area (Å²) in [6.45, 7) is 1.83. The summed E-state index contributed by atoms with van der Waals surface area (Å²) in [5.41, 5.74) is 8.76. The van der Waals surface area contributed by atoms with Crippen molar-refractivity contribution in [2.45, 2.75) is 13.0 Å². The van der Waals surface area contributed by atoms with E-state index in [1.165, 1.54) is 6.20 Å². The number of nitrogens with two attached hydrogens (primary N) is 1. The quantitative estimate of drug-likeness (QED) is 0.374. The number of nitrogens with one attached hydrogen (secondary N) is 1. The van der Waals surface area contributed by atoms with Crippen molar-refractivity contribution in [3.8, 4) is 29.0 Å². The predicted octanol–water partition coefficient (Wildman–Crippen LogP) is 4.34. The molecule has 0 saturated carbocycles. The summed E-state index contributed by atoms with van der Waals surface area (Å²) in [7, 11) is 0. The maximum Gasteiger partial charge on any atom is 0.266 e. The third-order valence-corrected chi connectivity index (χ3v) is 5.91. The first kappa shape index (κ1) is 23.2. The minimum absolute atomic E-state index is 0.0184. The molecule has 0 aliphatic carbocycles. The zero-order valence-corrected chi connectivity index (χ0v) is 19.8. The Labute approximate surface area is 212 Å². The number of benzene rings is 3. The number of nitrogen functional groups attached to an aromatic ring is 1. The molecule has 2 heterocycles. The summed E-state index contributed by atoms with van der Waals surface area (Å²) in [5, 5.41) is 22.5. The second-order valence-corrected chi connectivity index (χ2v) is 8.31. The summed E-state index contributed by atoms with van der Waals surface area (Å²) in [5.74, 6) is 0.691. The zero-order chi connectivity index (χ0) is 25.9. The molecule has 9 heteroatoms. The van der Waals surface area contributed by atoms with E-state index in [4.69, 9.17) is 10.7 Å². The topological polar surface area (TPSA) is 146 Å². The van der Waals surface area contributed by atoms with Crippen molar-refractivity contribution in [2.24, 2.45) is 0 Å². The smallest absolute Gasteiger partial charge is 0.266 e. The summed E-state index contributed by atoms with van der Waals surface area (Å²) >= 11 is 0. The molecule has 5 aromatic rings. The van der Waals surface area contributed by atoms with Crippen LogP contribution < -0.4 is 16.6 Å². The van der Waals surface area contributed by atoms with E-state index >= 15 is 0 Å². The molecule has 0 radical (unpaired) electrons. The number of anilines is 2. The molecule has 3 N–H and O–H groups in total. The number of para-hydroxylation sites is 1. The van der Waals surface area contributed by atoms with Gasteiger partial charge < -0.3 is 11.1 Å². The lowest BCUT2D eigenvalue weighted by Gasteiger charge is -2.21. The van der Waals surface area contributed by atoms with E-state index in [0.717, 1.165) is 5.56 Å². The van der Waals surface area contributed by atoms with Crippen LogP contribution in [0.2, 0.25) is 0 Å². The molecule has 37 heavy (non-hydrogen) atoms. The second kappa shape index (κ2) is 9.61. The van der Waals surface area contributed by atoms with Crippen molar-refractivity contribution in [3.05, 3.63) is 106 Å². The van der Waals surface area contributed by atoms with Gasteiger partial charge in [-0.3, -0.25) is 9.36 Å². The average molecular weight is 485 g/mol. The van der Waals surface area contributed by atoms with Gasteiger partial charge in [0.05, 0.1) is 40.5 Å². The monoisotopic (exact) mass is 484 g/mol. The van der Waals surface area contributed by atoms with Gasteiger partial charge in [-0.25, -0.2) is 9.97 Å². The fraction of sp³-hybridized carbons (Fsp3) is 0.0714. The highest BCUT2D eigenvalue weighted by Crippen LogP contribution is 2.29. The highest BCUT2D eigenvalue weighted by molar-refractivity contribution is 5.94. The Balaban J connectivity index is 1.75. The molecule has 0 aliphatic rings. The largest absolute Gasteiger partial charge is 0.368 e. The lowest BCUT2D eigenvalue weighted by Crippen LogP contribution is -2.28. The third kappa shape index (κ3) is 4.33. The Morgan fingerprint density at radius 3 is 2.51 bits per heavy atom. The summed E-state index contributed by atoms with van der Waals surface area (Å²) in [6, 6.07) is 25.4. The van der Waals surface area contributed by atoms with Crippen LogP contribution in [0, 0.1) is 22.7 Å².